The van der Waals surface area contributed by atoms with Gasteiger partial charge in [0.25, 0.3) is 5.91 Å². The Bertz CT molecular complexity index is 498. The number of methoxy groups -OCH3 is 1. The summed E-state index contributed by atoms with van der Waals surface area (Å²) < 4.78 is 7.42. The monoisotopic (exact) mass is 328 g/mol. The fourth-order valence-electron chi connectivity index (χ4n) is 2.42. The molecule has 1 unspecified atom stereocenters. The van der Waals surface area contributed by atoms with Gasteiger partial charge in [-0.2, -0.15) is 0 Å². The summed E-state index contributed by atoms with van der Waals surface area (Å²) in [5.41, 5.74) is 0.623. The molecule has 5 nitrogen and oxygen atoms in total. The highest BCUT2D eigenvalue weighted by Crippen LogP contribution is 2.21. The van der Waals surface area contributed by atoms with Crippen molar-refractivity contribution in [3.8, 4) is 0 Å². The molecule has 1 aromatic rings. The number of aryl methyl sites for hydroxylation is 1. The van der Waals surface area contributed by atoms with Gasteiger partial charge in [-0.05, 0) is 34.8 Å². The van der Waals surface area contributed by atoms with Crippen LogP contribution in [0.25, 0.3) is 0 Å². The van der Waals surface area contributed by atoms with Gasteiger partial charge >= 0.3 is 5.97 Å². The number of aromatic nitrogens is 1. The van der Waals surface area contributed by atoms with Gasteiger partial charge in [-0.25, -0.2) is 0 Å². The number of halogens is 1. The third kappa shape index (κ3) is 3.00. The number of ether oxygens (including phenoxy) is 1. The molecule has 1 aromatic heterocycles. The van der Waals surface area contributed by atoms with Crippen LogP contribution >= 0.6 is 15.9 Å². The Hall–Kier alpha value is -1.30. The summed E-state index contributed by atoms with van der Waals surface area (Å²) >= 11 is 3.36. The summed E-state index contributed by atoms with van der Waals surface area (Å²) in [5, 5.41) is 0. The van der Waals surface area contributed by atoms with Gasteiger partial charge in [0.15, 0.2) is 0 Å². The summed E-state index contributed by atoms with van der Waals surface area (Å²) in [6.45, 7) is 1.13. The first-order valence-electron chi connectivity index (χ1n) is 6.22. The summed E-state index contributed by atoms with van der Waals surface area (Å²) in [7, 11) is 3.22. The van der Waals surface area contributed by atoms with Crippen LogP contribution in [0.15, 0.2) is 16.7 Å². The van der Waals surface area contributed by atoms with Gasteiger partial charge < -0.3 is 14.2 Å². The van der Waals surface area contributed by atoms with Gasteiger partial charge in [0.05, 0.1) is 13.0 Å². The fourth-order valence-corrected chi connectivity index (χ4v) is 2.94. The van der Waals surface area contributed by atoms with Gasteiger partial charge in [0.1, 0.15) is 5.69 Å². The minimum absolute atomic E-state index is 0.0400. The highest BCUT2D eigenvalue weighted by atomic mass is 79.9. The molecule has 1 aliphatic rings. The third-order valence-corrected chi connectivity index (χ3v) is 3.87. The molecule has 2 rings (SSSR count). The summed E-state index contributed by atoms with van der Waals surface area (Å²) in [6, 6.07) is 1.80. The molecule has 0 bridgehead atoms. The van der Waals surface area contributed by atoms with Crippen LogP contribution in [0.1, 0.15) is 23.3 Å². The fraction of sp³-hybridized carbons (Fsp3) is 0.538. The van der Waals surface area contributed by atoms with Crippen LogP contribution < -0.4 is 0 Å². The predicted octanol–water partition coefficient (Wildman–Crippen LogP) is 1.81. The number of piperidine rings is 1. The van der Waals surface area contributed by atoms with Crippen molar-refractivity contribution in [1.29, 1.82) is 0 Å². The first kappa shape index (κ1) is 14.1. The maximum absolute atomic E-state index is 12.4. The lowest BCUT2D eigenvalue weighted by molar-refractivity contribution is -0.146. The first-order chi connectivity index (χ1) is 9.02. The molecule has 1 amide bonds. The predicted molar refractivity (Wildman–Crippen MR) is 73.8 cm³/mol. The number of amides is 1. The molecule has 0 radical (unpaired) electrons. The van der Waals surface area contributed by atoms with Crippen LogP contribution in [0.2, 0.25) is 0 Å². The molecule has 0 spiro atoms. The topological polar surface area (TPSA) is 51.5 Å². The zero-order chi connectivity index (χ0) is 14.0. The van der Waals surface area contributed by atoms with E-state index >= 15 is 0 Å². The van der Waals surface area contributed by atoms with E-state index in [4.69, 9.17) is 4.74 Å². The van der Waals surface area contributed by atoms with E-state index < -0.39 is 0 Å². The Morgan fingerprint density at radius 1 is 1.47 bits per heavy atom. The van der Waals surface area contributed by atoms with E-state index in [2.05, 4.69) is 15.9 Å². The number of esters is 1. The highest BCUT2D eigenvalue weighted by molar-refractivity contribution is 9.10. The molecule has 1 fully saturated rings. The molecule has 19 heavy (non-hydrogen) atoms. The van der Waals surface area contributed by atoms with E-state index in [0.29, 0.717) is 18.8 Å². The van der Waals surface area contributed by atoms with Gasteiger partial charge in [-0.3, -0.25) is 9.59 Å². The summed E-state index contributed by atoms with van der Waals surface area (Å²) in [4.78, 5) is 25.7. The minimum atomic E-state index is -0.231. The lowest BCUT2D eigenvalue weighted by atomic mass is 9.98. The van der Waals surface area contributed by atoms with E-state index in [1.165, 1.54) is 7.11 Å². The number of rotatable bonds is 2. The molecule has 0 saturated carbocycles. The molecule has 6 heteroatoms. The second-order valence-electron chi connectivity index (χ2n) is 4.77. The van der Waals surface area contributed by atoms with Crippen molar-refractivity contribution >= 4 is 27.8 Å². The molecule has 2 heterocycles. The van der Waals surface area contributed by atoms with Crippen LogP contribution in [0, 0.1) is 5.92 Å². The maximum Gasteiger partial charge on any atom is 0.310 e. The van der Waals surface area contributed by atoms with Crippen molar-refractivity contribution in [3.05, 3.63) is 22.4 Å². The average molecular weight is 329 g/mol. The van der Waals surface area contributed by atoms with Gasteiger partial charge in [-0.15, -0.1) is 0 Å². The summed E-state index contributed by atoms with van der Waals surface area (Å²) in [5.74, 6) is -0.473. The van der Waals surface area contributed by atoms with Crippen LogP contribution in [-0.4, -0.2) is 41.5 Å². The molecular weight excluding hydrogens is 312 g/mol. The van der Waals surface area contributed by atoms with E-state index in [9.17, 15) is 9.59 Å². The SMILES string of the molecule is COC(=O)C1CCCN(C(=O)c2cc(Br)cn2C)C1. The van der Waals surface area contributed by atoms with Crippen molar-refractivity contribution in [3.63, 3.8) is 0 Å². The largest absolute Gasteiger partial charge is 0.469 e. The van der Waals surface area contributed by atoms with Crippen molar-refractivity contribution in [2.75, 3.05) is 20.2 Å². The van der Waals surface area contributed by atoms with Crippen molar-refractivity contribution in [2.45, 2.75) is 12.8 Å². The number of carbonyl (C=O) groups excluding carboxylic acids is 2. The normalized spacial score (nSPS) is 19.3. The van der Waals surface area contributed by atoms with Crippen molar-refractivity contribution in [2.24, 2.45) is 13.0 Å². The van der Waals surface area contributed by atoms with E-state index in [-0.39, 0.29) is 17.8 Å². The molecular formula is C13H17BrN2O3. The van der Waals surface area contributed by atoms with Crippen LogP contribution in [-0.2, 0) is 16.6 Å². The molecule has 0 aliphatic carbocycles. The number of nitrogens with zero attached hydrogens (tertiary/aromatic N) is 2. The highest BCUT2D eigenvalue weighted by Gasteiger charge is 2.30. The number of likely N-dealkylation sites (tertiary alicyclic amines) is 1. The second-order valence-corrected chi connectivity index (χ2v) is 5.68. The van der Waals surface area contributed by atoms with Gasteiger partial charge in [0, 0.05) is 30.8 Å². The Labute approximate surface area is 120 Å². The third-order valence-electron chi connectivity index (χ3n) is 3.43. The number of hydrogen-bond donors (Lipinski definition) is 0. The quantitative estimate of drug-likeness (QED) is 0.778. The van der Waals surface area contributed by atoms with Gasteiger partial charge in [-0.1, -0.05) is 0 Å². The standard InChI is InChI=1S/C13H17BrN2O3/c1-15-8-10(14)6-11(15)12(17)16-5-3-4-9(7-16)13(18)19-2/h6,8-9H,3-5,7H2,1-2H3. The Kier molecular flexibility index (Phi) is 4.29. The molecule has 1 atom stereocenters. The zero-order valence-corrected chi connectivity index (χ0v) is 12.6. The first-order valence-corrected chi connectivity index (χ1v) is 7.01. The molecule has 1 aliphatic heterocycles. The smallest absolute Gasteiger partial charge is 0.310 e. The second kappa shape index (κ2) is 5.77. The molecule has 104 valence electrons. The minimum Gasteiger partial charge on any atom is -0.469 e. The maximum atomic E-state index is 12.4. The Morgan fingerprint density at radius 2 is 2.21 bits per heavy atom. The van der Waals surface area contributed by atoms with E-state index in [1.807, 2.05) is 13.2 Å². The molecule has 0 aromatic carbocycles. The average Bonchev–Trinajstić information content (AvgIpc) is 2.76. The molecule has 1 saturated heterocycles. The van der Waals surface area contributed by atoms with Crippen molar-refractivity contribution < 1.29 is 14.3 Å². The number of hydrogen-bond acceptors (Lipinski definition) is 3. The van der Waals surface area contributed by atoms with Crippen LogP contribution in [0.5, 0.6) is 0 Å². The zero-order valence-electron chi connectivity index (χ0n) is 11.1. The van der Waals surface area contributed by atoms with E-state index in [0.717, 1.165) is 17.3 Å². The Morgan fingerprint density at radius 3 is 2.79 bits per heavy atom. The number of carbonyl (C=O) groups is 2. The van der Waals surface area contributed by atoms with Gasteiger partial charge in [0.2, 0.25) is 0 Å². The lowest BCUT2D eigenvalue weighted by Crippen LogP contribution is -2.43. The van der Waals surface area contributed by atoms with E-state index in [1.54, 1.807) is 15.5 Å². The molecule has 0 N–H and O–H groups in total. The van der Waals surface area contributed by atoms with Crippen molar-refractivity contribution in [1.82, 2.24) is 9.47 Å². The Balaban J connectivity index is 2.11. The van der Waals surface area contributed by atoms with Crippen LogP contribution in [0.4, 0.5) is 0 Å². The lowest BCUT2D eigenvalue weighted by Gasteiger charge is -2.31. The van der Waals surface area contributed by atoms with Crippen LogP contribution in [0.3, 0.4) is 0 Å². The summed E-state index contributed by atoms with van der Waals surface area (Å²) in [6.07, 6.45) is 3.46.